The van der Waals surface area contributed by atoms with Crippen LogP contribution in [-0.2, 0) is 15.0 Å². The summed E-state index contributed by atoms with van der Waals surface area (Å²) >= 11 is 3.42. The van der Waals surface area contributed by atoms with E-state index in [-0.39, 0.29) is 17.2 Å². The maximum absolute atomic E-state index is 12.8. The third-order valence-electron chi connectivity index (χ3n) is 4.69. The third kappa shape index (κ3) is 2.71. The maximum Gasteiger partial charge on any atom is 0.306 e. The molecular weight excluding hydrogens is 334 g/mol. The Balaban J connectivity index is 1.71. The highest BCUT2D eigenvalue weighted by molar-refractivity contribution is 9.10. The van der Waals surface area contributed by atoms with Gasteiger partial charge in [-0.15, -0.1) is 0 Å². The second kappa shape index (κ2) is 5.44. The first-order valence-electron chi connectivity index (χ1n) is 7.31. The van der Waals surface area contributed by atoms with Gasteiger partial charge in [0.2, 0.25) is 5.91 Å². The average Bonchev–Trinajstić information content (AvgIpc) is 3.29. The standard InChI is InChI=1S/C16H18BrNO3/c17-13-3-1-12(2-4-13)16(7-8-16)15(21)18-9-5-11(6-10-18)14(19)20/h1-4,11H,5-10H2,(H,19,20). The Morgan fingerprint density at radius 1 is 1.14 bits per heavy atom. The number of carbonyl (C=O) groups excluding carboxylic acids is 1. The van der Waals surface area contributed by atoms with E-state index in [9.17, 15) is 9.59 Å². The van der Waals surface area contributed by atoms with E-state index in [2.05, 4.69) is 15.9 Å². The highest BCUT2D eigenvalue weighted by Crippen LogP contribution is 2.50. The van der Waals surface area contributed by atoms with E-state index < -0.39 is 5.97 Å². The molecule has 1 saturated heterocycles. The van der Waals surface area contributed by atoms with Crippen LogP contribution in [0.2, 0.25) is 0 Å². The Morgan fingerprint density at radius 2 is 1.71 bits per heavy atom. The minimum atomic E-state index is -0.740. The zero-order valence-corrected chi connectivity index (χ0v) is 13.3. The molecule has 0 spiro atoms. The van der Waals surface area contributed by atoms with E-state index >= 15 is 0 Å². The summed E-state index contributed by atoms with van der Waals surface area (Å²) in [4.78, 5) is 25.7. The molecule has 112 valence electrons. The number of carbonyl (C=O) groups is 2. The Kier molecular flexibility index (Phi) is 3.78. The second-order valence-electron chi connectivity index (χ2n) is 5.99. The number of piperidine rings is 1. The quantitative estimate of drug-likeness (QED) is 0.910. The van der Waals surface area contributed by atoms with Crippen molar-refractivity contribution in [2.45, 2.75) is 31.1 Å². The van der Waals surface area contributed by atoms with E-state index in [1.807, 2.05) is 29.2 Å². The first-order valence-corrected chi connectivity index (χ1v) is 8.10. The Labute approximate surface area is 132 Å². The van der Waals surface area contributed by atoms with Crippen molar-refractivity contribution in [3.05, 3.63) is 34.3 Å². The summed E-state index contributed by atoms with van der Waals surface area (Å²) in [6, 6.07) is 7.97. The molecule has 1 aliphatic carbocycles. The molecule has 1 amide bonds. The molecular formula is C16H18BrNO3. The van der Waals surface area contributed by atoms with E-state index in [4.69, 9.17) is 5.11 Å². The van der Waals surface area contributed by atoms with Crippen molar-refractivity contribution >= 4 is 27.8 Å². The van der Waals surface area contributed by atoms with E-state index in [1.54, 1.807) is 0 Å². The minimum Gasteiger partial charge on any atom is -0.481 e. The number of likely N-dealkylation sites (tertiary alicyclic amines) is 1. The van der Waals surface area contributed by atoms with Crippen LogP contribution in [0.3, 0.4) is 0 Å². The lowest BCUT2D eigenvalue weighted by Crippen LogP contribution is -2.45. The molecule has 0 aromatic heterocycles. The lowest BCUT2D eigenvalue weighted by molar-refractivity contribution is -0.146. The maximum atomic E-state index is 12.8. The zero-order valence-electron chi connectivity index (χ0n) is 11.7. The topological polar surface area (TPSA) is 57.6 Å². The normalized spacial score (nSPS) is 21.1. The molecule has 3 rings (SSSR count). The van der Waals surface area contributed by atoms with Crippen LogP contribution < -0.4 is 0 Å². The Bertz CT molecular complexity index is 557. The van der Waals surface area contributed by atoms with Gasteiger partial charge in [0.25, 0.3) is 0 Å². The molecule has 0 atom stereocenters. The van der Waals surface area contributed by atoms with Gasteiger partial charge in [0.1, 0.15) is 0 Å². The van der Waals surface area contributed by atoms with E-state index in [1.165, 1.54) is 0 Å². The molecule has 2 fully saturated rings. The Morgan fingerprint density at radius 3 is 2.19 bits per heavy atom. The van der Waals surface area contributed by atoms with Gasteiger partial charge in [0.05, 0.1) is 11.3 Å². The molecule has 1 aromatic carbocycles. The monoisotopic (exact) mass is 351 g/mol. The van der Waals surface area contributed by atoms with Crippen LogP contribution in [0.4, 0.5) is 0 Å². The summed E-state index contributed by atoms with van der Waals surface area (Å²) in [7, 11) is 0. The van der Waals surface area contributed by atoms with Crippen LogP contribution in [0.1, 0.15) is 31.2 Å². The van der Waals surface area contributed by atoms with Crippen LogP contribution in [0.25, 0.3) is 0 Å². The number of aliphatic carboxylic acids is 1. The van der Waals surface area contributed by atoms with Crippen molar-refractivity contribution in [3.63, 3.8) is 0 Å². The summed E-state index contributed by atoms with van der Waals surface area (Å²) in [5, 5.41) is 9.03. The lowest BCUT2D eigenvalue weighted by Gasteiger charge is -2.33. The largest absolute Gasteiger partial charge is 0.481 e. The molecule has 1 heterocycles. The molecule has 1 N–H and O–H groups in total. The number of rotatable bonds is 3. The minimum absolute atomic E-state index is 0.175. The van der Waals surface area contributed by atoms with Crippen LogP contribution in [0.5, 0.6) is 0 Å². The molecule has 1 saturated carbocycles. The highest BCUT2D eigenvalue weighted by Gasteiger charge is 2.53. The van der Waals surface area contributed by atoms with Gasteiger partial charge in [-0.25, -0.2) is 0 Å². The first-order chi connectivity index (χ1) is 10.0. The predicted molar refractivity (Wildman–Crippen MR) is 82.0 cm³/mol. The molecule has 5 heteroatoms. The number of nitrogens with zero attached hydrogens (tertiary/aromatic N) is 1. The lowest BCUT2D eigenvalue weighted by atomic mass is 9.91. The van der Waals surface area contributed by atoms with Gasteiger partial charge in [0, 0.05) is 17.6 Å². The van der Waals surface area contributed by atoms with Crippen molar-refractivity contribution in [2.24, 2.45) is 5.92 Å². The number of hydrogen-bond acceptors (Lipinski definition) is 2. The van der Waals surface area contributed by atoms with Gasteiger partial charge in [-0.05, 0) is 43.4 Å². The summed E-state index contributed by atoms with van der Waals surface area (Å²) in [5.74, 6) is -0.860. The van der Waals surface area contributed by atoms with Gasteiger partial charge in [-0.3, -0.25) is 9.59 Å². The fraction of sp³-hybridized carbons (Fsp3) is 0.500. The SMILES string of the molecule is O=C(O)C1CCN(C(=O)C2(c3ccc(Br)cc3)CC2)CC1. The van der Waals surface area contributed by atoms with Gasteiger partial charge in [-0.1, -0.05) is 28.1 Å². The first kappa shape index (κ1) is 14.6. The number of carboxylic acids is 1. The summed E-state index contributed by atoms with van der Waals surface area (Å²) in [6.45, 7) is 1.13. The molecule has 0 radical (unpaired) electrons. The van der Waals surface area contributed by atoms with Crippen molar-refractivity contribution in [1.82, 2.24) is 4.90 Å². The van der Waals surface area contributed by atoms with Crippen LogP contribution in [0, 0.1) is 5.92 Å². The summed E-state index contributed by atoms with van der Waals surface area (Å²) in [6.07, 6.45) is 2.92. The fourth-order valence-electron chi connectivity index (χ4n) is 3.15. The molecule has 1 aliphatic heterocycles. The fourth-order valence-corrected chi connectivity index (χ4v) is 3.42. The van der Waals surface area contributed by atoms with Crippen molar-refractivity contribution in [3.8, 4) is 0 Å². The molecule has 2 aliphatic rings. The van der Waals surface area contributed by atoms with Crippen molar-refractivity contribution < 1.29 is 14.7 Å². The predicted octanol–water partition coefficient (Wildman–Crippen LogP) is 2.80. The van der Waals surface area contributed by atoms with E-state index in [0.717, 1.165) is 22.9 Å². The zero-order chi connectivity index (χ0) is 15.0. The van der Waals surface area contributed by atoms with Gasteiger partial charge < -0.3 is 10.0 Å². The summed E-state index contributed by atoms with van der Waals surface area (Å²) < 4.78 is 1.01. The van der Waals surface area contributed by atoms with Crippen LogP contribution in [0.15, 0.2) is 28.7 Å². The third-order valence-corrected chi connectivity index (χ3v) is 5.22. The highest BCUT2D eigenvalue weighted by atomic mass is 79.9. The van der Waals surface area contributed by atoms with Gasteiger partial charge >= 0.3 is 5.97 Å². The molecule has 21 heavy (non-hydrogen) atoms. The number of benzene rings is 1. The molecule has 1 aromatic rings. The summed E-state index contributed by atoms with van der Waals surface area (Å²) in [5.41, 5.74) is 0.729. The molecule has 4 nitrogen and oxygen atoms in total. The smallest absolute Gasteiger partial charge is 0.306 e. The van der Waals surface area contributed by atoms with Gasteiger partial charge in [-0.2, -0.15) is 0 Å². The van der Waals surface area contributed by atoms with Crippen LogP contribution in [-0.4, -0.2) is 35.0 Å². The number of hydrogen-bond donors (Lipinski definition) is 1. The molecule has 0 unspecified atom stereocenters. The van der Waals surface area contributed by atoms with E-state index in [0.29, 0.717) is 25.9 Å². The van der Waals surface area contributed by atoms with Crippen molar-refractivity contribution in [1.29, 1.82) is 0 Å². The van der Waals surface area contributed by atoms with Crippen molar-refractivity contribution in [2.75, 3.05) is 13.1 Å². The Hall–Kier alpha value is -1.36. The number of amides is 1. The second-order valence-corrected chi connectivity index (χ2v) is 6.91. The molecule has 0 bridgehead atoms. The van der Waals surface area contributed by atoms with Gasteiger partial charge in [0.15, 0.2) is 0 Å². The van der Waals surface area contributed by atoms with Crippen LogP contribution >= 0.6 is 15.9 Å². The number of halogens is 1. The number of carboxylic acid groups (broad SMARTS) is 1. The average molecular weight is 352 g/mol.